The molecule has 1 aliphatic rings. The van der Waals surface area contributed by atoms with E-state index in [0.29, 0.717) is 6.04 Å². The van der Waals surface area contributed by atoms with Crippen molar-refractivity contribution < 1.29 is 4.90 Å². The fraction of sp³-hybridized carbons (Fsp3) is 0.333. The molecule has 0 amide bonds. The van der Waals surface area contributed by atoms with Crippen molar-refractivity contribution in [3.8, 4) is 5.69 Å². The van der Waals surface area contributed by atoms with Crippen LogP contribution in [0.5, 0.6) is 0 Å². The molecule has 6 heteroatoms. The highest BCUT2D eigenvalue weighted by atomic mass is 32.1. The Morgan fingerprint density at radius 1 is 1.29 bits per heavy atom. The van der Waals surface area contributed by atoms with Crippen LogP contribution < -0.4 is 4.90 Å². The normalized spacial score (nSPS) is 20.5. The zero-order valence-corrected chi connectivity index (χ0v) is 15.3. The van der Waals surface area contributed by atoms with Crippen LogP contribution in [0.4, 0.5) is 0 Å². The molecule has 24 heavy (non-hydrogen) atoms. The first-order valence-corrected chi connectivity index (χ1v) is 9.61. The van der Waals surface area contributed by atoms with Crippen molar-refractivity contribution in [2.24, 2.45) is 0 Å². The van der Waals surface area contributed by atoms with Crippen molar-refractivity contribution in [1.29, 1.82) is 0 Å². The zero-order valence-electron chi connectivity index (χ0n) is 13.7. The van der Waals surface area contributed by atoms with Crippen molar-refractivity contribution in [3.63, 3.8) is 0 Å². The van der Waals surface area contributed by atoms with Crippen molar-refractivity contribution in [1.82, 2.24) is 14.3 Å². The van der Waals surface area contributed by atoms with E-state index in [1.165, 1.54) is 29.8 Å². The molecule has 1 aliphatic heterocycles. The van der Waals surface area contributed by atoms with Gasteiger partial charge in [-0.2, -0.15) is 9.78 Å². The van der Waals surface area contributed by atoms with Crippen LogP contribution >= 0.6 is 23.6 Å². The Balaban J connectivity index is 1.60. The summed E-state index contributed by atoms with van der Waals surface area (Å²) >= 11 is 7.55. The standard InChI is InChI=1S/C18H20N4S2/c1-14-6-2-3-7-15(14)21-12-19-22(18(21)23)13-20-10-4-8-16(20)17-9-5-11-24-17/h2-3,5-7,9,11-12,16H,4,8,10,13H2,1H3/p+1/t16-/m1/s1. The monoisotopic (exact) mass is 357 g/mol. The Morgan fingerprint density at radius 2 is 2.17 bits per heavy atom. The second kappa shape index (κ2) is 6.63. The van der Waals surface area contributed by atoms with Gasteiger partial charge in [-0.25, -0.2) is 0 Å². The first-order chi connectivity index (χ1) is 11.7. The minimum atomic E-state index is 0.579. The molecular formula is C18H21N4S2+. The summed E-state index contributed by atoms with van der Waals surface area (Å²) in [6.07, 6.45) is 4.37. The predicted octanol–water partition coefficient (Wildman–Crippen LogP) is 3.15. The first kappa shape index (κ1) is 15.7. The average molecular weight is 358 g/mol. The third-order valence-corrected chi connectivity index (χ3v) is 6.22. The van der Waals surface area contributed by atoms with Gasteiger partial charge in [0.25, 0.3) is 0 Å². The molecule has 1 aromatic carbocycles. The van der Waals surface area contributed by atoms with Gasteiger partial charge < -0.3 is 4.90 Å². The first-order valence-electron chi connectivity index (χ1n) is 8.32. The topological polar surface area (TPSA) is 27.2 Å². The molecule has 0 aliphatic carbocycles. The van der Waals surface area contributed by atoms with Crippen LogP contribution in [0.15, 0.2) is 48.1 Å². The minimum Gasteiger partial charge on any atom is -0.309 e. The van der Waals surface area contributed by atoms with Gasteiger partial charge in [-0.1, -0.05) is 24.3 Å². The molecule has 1 saturated heterocycles. The Labute approximate surface area is 151 Å². The van der Waals surface area contributed by atoms with Gasteiger partial charge in [0.05, 0.1) is 17.1 Å². The van der Waals surface area contributed by atoms with Crippen LogP contribution in [-0.2, 0) is 6.67 Å². The number of aryl methyl sites for hydroxylation is 1. The van der Waals surface area contributed by atoms with Crippen LogP contribution in [0, 0.1) is 11.7 Å². The summed E-state index contributed by atoms with van der Waals surface area (Å²) in [5.41, 5.74) is 2.32. The minimum absolute atomic E-state index is 0.579. The van der Waals surface area contributed by atoms with Gasteiger partial charge in [0, 0.05) is 12.8 Å². The van der Waals surface area contributed by atoms with Gasteiger partial charge >= 0.3 is 0 Å². The highest BCUT2D eigenvalue weighted by Crippen LogP contribution is 2.23. The number of rotatable bonds is 4. The summed E-state index contributed by atoms with van der Waals surface area (Å²) in [5.74, 6) is 0. The average Bonchev–Trinajstić information content (AvgIpc) is 3.31. The van der Waals surface area contributed by atoms with Crippen molar-refractivity contribution in [2.75, 3.05) is 6.54 Å². The molecule has 0 saturated carbocycles. The Kier molecular flexibility index (Phi) is 4.35. The highest BCUT2D eigenvalue weighted by Gasteiger charge is 2.31. The van der Waals surface area contributed by atoms with Gasteiger partial charge in [0.2, 0.25) is 4.77 Å². The largest absolute Gasteiger partial charge is 0.309 e. The number of benzene rings is 1. The number of hydrogen-bond acceptors (Lipinski definition) is 3. The molecule has 2 atom stereocenters. The summed E-state index contributed by atoms with van der Waals surface area (Å²) in [7, 11) is 0. The lowest BCUT2D eigenvalue weighted by molar-refractivity contribution is -0.941. The van der Waals surface area contributed by atoms with Crippen molar-refractivity contribution >= 4 is 23.6 Å². The lowest BCUT2D eigenvalue weighted by atomic mass is 10.2. The number of hydrogen-bond donors (Lipinski definition) is 1. The third kappa shape index (κ3) is 2.85. The smallest absolute Gasteiger partial charge is 0.207 e. The van der Waals surface area contributed by atoms with E-state index in [9.17, 15) is 0 Å². The van der Waals surface area contributed by atoms with E-state index in [0.717, 1.165) is 17.1 Å². The SMILES string of the molecule is Cc1ccccc1-n1cnn(C[NH+]2CCC[C@@H]2c2cccs2)c1=S. The van der Waals surface area contributed by atoms with E-state index < -0.39 is 0 Å². The lowest BCUT2D eigenvalue weighted by Crippen LogP contribution is -3.09. The number of quaternary nitrogens is 1. The molecule has 4 nitrogen and oxygen atoms in total. The van der Waals surface area contributed by atoms with E-state index >= 15 is 0 Å². The third-order valence-electron chi connectivity index (χ3n) is 4.83. The van der Waals surface area contributed by atoms with Crippen molar-refractivity contribution in [3.05, 3.63) is 63.3 Å². The maximum atomic E-state index is 5.69. The van der Waals surface area contributed by atoms with Gasteiger partial charge in [0.15, 0.2) is 6.67 Å². The van der Waals surface area contributed by atoms with Crippen LogP contribution in [0.25, 0.3) is 5.69 Å². The maximum absolute atomic E-state index is 5.69. The molecule has 124 valence electrons. The number of likely N-dealkylation sites (tertiary alicyclic amines) is 1. The second-order valence-corrected chi connectivity index (χ2v) is 7.69. The van der Waals surface area contributed by atoms with E-state index in [-0.39, 0.29) is 0 Å². The summed E-state index contributed by atoms with van der Waals surface area (Å²) in [6.45, 7) is 4.12. The Bertz CT molecular complexity index is 879. The molecule has 3 heterocycles. The molecule has 1 fully saturated rings. The van der Waals surface area contributed by atoms with Gasteiger partial charge in [-0.3, -0.25) is 4.57 Å². The quantitative estimate of drug-likeness (QED) is 0.726. The van der Waals surface area contributed by atoms with E-state index in [2.05, 4.69) is 41.7 Å². The van der Waals surface area contributed by atoms with Crippen LogP contribution in [0.2, 0.25) is 0 Å². The summed E-state index contributed by atoms with van der Waals surface area (Å²) in [5, 5.41) is 6.74. The zero-order chi connectivity index (χ0) is 16.5. The van der Waals surface area contributed by atoms with E-state index in [1.54, 1.807) is 4.90 Å². The van der Waals surface area contributed by atoms with Gasteiger partial charge in [-0.05, 0) is 42.2 Å². The number of para-hydroxylation sites is 1. The number of nitrogens with one attached hydrogen (secondary N) is 1. The van der Waals surface area contributed by atoms with Crippen LogP contribution in [-0.4, -0.2) is 20.9 Å². The molecule has 2 aromatic heterocycles. The Morgan fingerprint density at radius 3 is 2.96 bits per heavy atom. The fourth-order valence-electron chi connectivity index (χ4n) is 3.57. The van der Waals surface area contributed by atoms with Crippen molar-refractivity contribution in [2.45, 2.75) is 32.5 Å². The van der Waals surface area contributed by atoms with E-state index in [1.807, 2.05) is 39.0 Å². The van der Waals surface area contributed by atoms with Crippen LogP contribution in [0.1, 0.15) is 29.3 Å². The summed E-state index contributed by atoms with van der Waals surface area (Å²) in [6, 6.07) is 13.3. The molecule has 0 spiro atoms. The van der Waals surface area contributed by atoms with Gasteiger partial charge in [0.1, 0.15) is 12.4 Å². The Hall–Kier alpha value is -1.76. The highest BCUT2D eigenvalue weighted by molar-refractivity contribution is 7.71. The number of nitrogens with zero attached hydrogens (tertiary/aromatic N) is 3. The molecule has 1 unspecified atom stereocenters. The number of thiophene rings is 1. The number of aromatic nitrogens is 3. The summed E-state index contributed by atoms with van der Waals surface area (Å²) < 4.78 is 4.76. The molecule has 1 N–H and O–H groups in total. The van der Waals surface area contributed by atoms with Crippen LogP contribution in [0.3, 0.4) is 0 Å². The predicted molar refractivity (Wildman–Crippen MR) is 99.2 cm³/mol. The second-order valence-electron chi connectivity index (χ2n) is 6.35. The molecule has 4 rings (SSSR count). The maximum Gasteiger partial charge on any atom is 0.207 e. The molecule has 0 bridgehead atoms. The molecular weight excluding hydrogens is 336 g/mol. The summed E-state index contributed by atoms with van der Waals surface area (Å²) in [4.78, 5) is 3.04. The molecule has 3 aromatic rings. The van der Waals surface area contributed by atoms with Gasteiger partial charge in [-0.15, -0.1) is 11.3 Å². The van der Waals surface area contributed by atoms with E-state index in [4.69, 9.17) is 12.2 Å². The fourth-order valence-corrected chi connectivity index (χ4v) is 4.75. The lowest BCUT2D eigenvalue weighted by Gasteiger charge is -2.20. The molecule has 0 radical (unpaired) electrons.